The number of benzene rings is 3. The third-order valence-electron chi connectivity index (χ3n) is 5.29. The van der Waals surface area contributed by atoms with Crippen molar-refractivity contribution in [2.45, 2.75) is 20.4 Å². The molecular formula is C28H26N2O5S. The van der Waals surface area contributed by atoms with Gasteiger partial charge in [0.15, 0.2) is 5.17 Å². The van der Waals surface area contributed by atoms with Gasteiger partial charge in [-0.3, -0.25) is 9.69 Å². The number of aliphatic imine (C=N–C) groups is 1. The maximum atomic E-state index is 13.5. The van der Waals surface area contributed by atoms with Gasteiger partial charge in [0, 0.05) is 11.6 Å². The van der Waals surface area contributed by atoms with Crippen LogP contribution >= 0.6 is 11.8 Å². The lowest BCUT2D eigenvalue weighted by Crippen LogP contribution is -2.28. The Balaban J connectivity index is 1.69. The van der Waals surface area contributed by atoms with E-state index in [-0.39, 0.29) is 18.0 Å². The van der Waals surface area contributed by atoms with Gasteiger partial charge in [0.1, 0.15) is 11.5 Å². The molecule has 1 amide bonds. The largest absolute Gasteiger partial charge is 0.494 e. The molecule has 0 aromatic heterocycles. The minimum atomic E-state index is -0.994. The van der Waals surface area contributed by atoms with E-state index in [9.17, 15) is 14.7 Å². The van der Waals surface area contributed by atoms with Gasteiger partial charge in [0.25, 0.3) is 5.91 Å². The molecule has 0 saturated carbocycles. The van der Waals surface area contributed by atoms with Crippen LogP contribution in [0.2, 0.25) is 0 Å². The standard InChI is InChI=1S/C28H26N2O5S/c1-3-34-23-15-14-21(24(17-23)35-4-2)16-25-26(31)30(18-19-10-12-20(13-11-19)27(32)33)28(36-25)29-22-8-6-5-7-9-22/h5-17H,3-4,18H2,1-2H3,(H,32,33)/b25-16-,29-28?. The minimum Gasteiger partial charge on any atom is -0.494 e. The van der Waals surface area contributed by atoms with Gasteiger partial charge in [-0.25, -0.2) is 9.79 Å². The van der Waals surface area contributed by atoms with E-state index in [4.69, 9.17) is 14.5 Å². The Morgan fingerprint density at radius 1 is 1.00 bits per heavy atom. The molecule has 0 aliphatic carbocycles. The molecule has 3 aromatic rings. The molecule has 4 rings (SSSR count). The smallest absolute Gasteiger partial charge is 0.335 e. The molecule has 0 unspecified atom stereocenters. The number of carboxylic acid groups (broad SMARTS) is 1. The number of nitrogens with zero attached hydrogens (tertiary/aromatic N) is 2. The number of carbonyl (C=O) groups excluding carboxylic acids is 1. The number of hydrogen-bond donors (Lipinski definition) is 1. The van der Waals surface area contributed by atoms with Crippen LogP contribution in [0.25, 0.3) is 6.08 Å². The summed E-state index contributed by atoms with van der Waals surface area (Å²) in [6.45, 7) is 5.10. The fourth-order valence-electron chi connectivity index (χ4n) is 3.59. The van der Waals surface area contributed by atoms with Gasteiger partial charge in [0.05, 0.1) is 35.9 Å². The minimum absolute atomic E-state index is 0.187. The molecule has 8 heteroatoms. The van der Waals surface area contributed by atoms with Crippen LogP contribution in [-0.4, -0.2) is 40.3 Å². The number of rotatable bonds is 9. The summed E-state index contributed by atoms with van der Waals surface area (Å²) in [5.41, 5.74) is 2.49. The Hall–Kier alpha value is -4.04. The van der Waals surface area contributed by atoms with Gasteiger partial charge in [-0.05, 0) is 73.6 Å². The van der Waals surface area contributed by atoms with Crippen LogP contribution in [0.1, 0.15) is 35.3 Å². The molecule has 0 spiro atoms. The molecule has 1 aliphatic rings. The van der Waals surface area contributed by atoms with Crippen LogP contribution in [-0.2, 0) is 11.3 Å². The molecule has 0 atom stereocenters. The van der Waals surface area contributed by atoms with Crippen LogP contribution in [0, 0.1) is 0 Å². The molecule has 0 radical (unpaired) electrons. The van der Waals surface area contributed by atoms with Crippen molar-refractivity contribution in [1.29, 1.82) is 0 Å². The topological polar surface area (TPSA) is 88.4 Å². The van der Waals surface area contributed by atoms with E-state index in [1.54, 1.807) is 17.0 Å². The van der Waals surface area contributed by atoms with Crippen LogP contribution in [0.15, 0.2) is 82.7 Å². The van der Waals surface area contributed by atoms with Crippen molar-refractivity contribution in [3.8, 4) is 11.5 Å². The summed E-state index contributed by atoms with van der Waals surface area (Å²) in [6, 6.07) is 21.5. The zero-order chi connectivity index (χ0) is 25.5. The third-order valence-corrected chi connectivity index (χ3v) is 6.30. The first kappa shape index (κ1) is 25.1. The predicted octanol–water partition coefficient (Wildman–Crippen LogP) is 5.99. The van der Waals surface area contributed by atoms with Crippen molar-refractivity contribution < 1.29 is 24.2 Å². The van der Waals surface area contributed by atoms with E-state index in [2.05, 4.69) is 0 Å². The van der Waals surface area contributed by atoms with Gasteiger partial charge in [-0.15, -0.1) is 0 Å². The van der Waals surface area contributed by atoms with E-state index in [1.165, 1.54) is 23.9 Å². The molecule has 184 valence electrons. The van der Waals surface area contributed by atoms with E-state index in [0.717, 1.165) is 16.8 Å². The SMILES string of the molecule is CCOc1ccc(/C=C2\SC(=Nc3ccccc3)N(Cc3ccc(C(=O)O)cc3)C2=O)c(OCC)c1. The van der Waals surface area contributed by atoms with E-state index < -0.39 is 5.97 Å². The summed E-state index contributed by atoms with van der Waals surface area (Å²) in [6.07, 6.45) is 1.81. The third kappa shape index (κ3) is 5.95. The average Bonchev–Trinajstić information content (AvgIpc) is 3.15. The number of ether oxygens (including phenoxy) is 2. The van der Waals surface area contributed by atoms with Crippen molar-refractivity contribution in [3.05, 3.63) is 94.4 Å². The molecular weight excluding hydrogens is 476 g/mol. The highest BCUT2D eigenvalue weighted by Crippen LogP contribution is 2.37. The van der Waals surface area contributed by atoms with Crippen molar-refractivity contribution in [2.75, 3.05) is 13.2 Å². The first-order valence-electron chi connectivity index (χ1n) is 11.6. The number of hydrogen-bond acceptors (Lipinski definition) is 6. The number of aromatic carboxylic acids is 1. The highest BCUT2D eigenvalue weighted by molar-refractivity contribution is 8.18. The molecule has 1 N–H and O–H groups in total. The summed E-state index contributed by atoms with van der Waals surface area (Å²) in [4.78, 5) is 31.6. The van der Waals surface area contributed by atoms with Crippen LogP contribution < -0.4 is 9.47 Å². The Labute approximate surface area is 214 Å². The number of carbonyl (C=O) groups is 2. The van der Waals surface area contributed by atoms with Crippen LogP contribution in [0.5, 0.6) is 11.5 Å². The number of thioether (sulfide) groups is 1. The zero-order valence-electron chi connectivity index (χ0n) is 20.0. The second kappa shape index (κ2) is 11.6. The summed E-state index contributed by atoms with van der Waals surface area (Å²) < 4.78 is 11.4. The highest BCUT2D eigenvalue weighted by Gasteiger charge is 2.33. The van der Waals surface area contributed by atoms with Crippen molar-refractivity contribution in [3.63, 3.8) is 0 Å². The van der Waals surface area contributed by atoms with Gasteiger partial charge >= 0.3 is 5.97 Å². The van der Waals surface area contributed by atoms with Crippen LogP contribution in [0.3, 0.4) is 0 Å². The van der Waals surface area contributed by atoms with Gasteiger partial charge in [-0.2, -0.15) is 0 Å². The summed E-state index contributed by atoms with van der Waals surface area (Å²) in [5, 5.41) is 9.72. The van der Waals surface area contributed by atoms with Crippen molar-refractivity contribution in [1.82, 2.24) is 4.90 Å². The number of amidine groups is 1. The first-order valence-corrected chi connectivity index (χ1v) is 12.4. The Morgan fingerprint density at radius 2 is 1.72 bits per heavy atom. The average molecular weight is 503 g/mol. The Morgan fingerprint density at radius 3 is 2.39 bits per heavy atom. The monoisotopic (exact) mass is 502 g/mol. The fourth-order valence-corrected chi connectivity index (χ4v) is 4.58. The highest BCUT2D eigenvalue weighted by atomic mass is 32.2. The summed E-state index contributed by atoms with van der Waals surface area (Å²) >= 11 is 1.29. The summed E-state index contributed by atoms with van der Waals surface area (Å²) in [5.74, 6) is 0.152. The number of amides is 1. The maximum Gasteiger partial charge on any atom is 0.335 e. The van der Waals surface area contributed by atoms with E-state index >= 15 is 0 Å². The molecule has 3 aromatic carbocycles. The molecule has 1 saturated heterocycles. The van der Waals surface area contributed by atoms with Crippen molar-refractivity contribution >= 4 is 40.6 Å². The Kier molecular flexibility index (Phi) is 8.07. The second-order valence-electron chi connectivity index (χ2n) is 7.80. The lowest BCUT2D eigenvalue weighted by Gasteiger charge is -2.16. The number of para-hydroxylation sites is 1. The predicted molar refractivity (Wildman–Crippen MR) is 142 cm³/mol. The number of carboxylic acids is 1. The molecule has 0 bridgehead atoms. The van der Waals surface area contributed by atoms with Gasteiger partial charge < -0.3 is 14.6 Å². The molecule has 1 aliphatic heterocycles. The van der Waals surface area contributed by atoms with E-state index in [1.807, 2.05) is 68.5 Å². The lowest BCUT2D eigenvalue weighted by molar-refractivity contribution is -0.122. The van der Waals surface area contributed by atoms with Gasteiger partial charge in [0.2, 0.25) is 0 Å². The molecule has 1 heterocycles. The van der Waals surface area contributed by atoms with E-state index in [0.29, 0.717) is 34.8 Å². The normalized spacial score (nSPS) is 15.5. The Bertz CT molecular complexity index is 1300. The maximum absolute atomic E-state index is 13.5. The van der Waals surface area contributed by atoms with Gasteiger partial charge in [-0.1, -0.05) is 30.3 Å². The molecule has 7 nitrogen and oxygen atoms in total. The quantitative estimate of drug-likeness (QED) is 0.362. The zero-order valence-corrected chi connectivity index (χ0v) is 20.8. The summed E-state index contributed by atoms with van der Waals surface area (Å²) in [7, 11) is 0. The first-order chi connectivity index (χ1) is 17.5. The van der Waals surface area contributed by atoms with Crippen molar-refractivity contribution in [2.24, 2.45) is 4.99 Å². The lowest BCUT2D eigenvalue weighted by atomic mass is 10.1. The van der Waals surface area contributed by atoms with Crippen LogP contribution in [0.4, 0.5) is 5.69 Å². The molecule has 36 heavy (non-hydrogen) atoms. The molecule has 1 fully saturated rings. The second-order valence-corrected chi connectivity index (χ2v) is 8.81. The fraction of sp³-hybridized carbons (Fsp3) is 0.179.